The molecule has 0 radical (unpaired) electrons. The third-order valence-electron chi connectivity index (χ3n) is 8.11. The zero-order chi connectivity index (χ0) is 29.0. The fraction of sp³-hybridized carbons (Fsp3) is 0.118. The van der Waals surface area contributed by atoms with Gasteiger partial charge >= 0.3 is 5.97 Å². The fourth-order valence-corrected chi connectivity index (χ4v) is 6.24. The summed E-state index contributed by atoms with van der Waals surface area (Å²) in [6.45, 7) is 0. The molecule has 2 fully saturated rings. The molecule has 0 saturated carbocycles. The van der Waals surface area contributed by atoms with Crippen molar-refractivity contribution in [3.05, 3.63) is 132 Å². The van der Waals surface area contributed by atoms with Gasteiger partial charge in [-0.05, 0) is 60.2 Å². The molecule has 4 atom stereocenters. The van der Waals surface area contributed by atoms with Gasteiger partial charge in [0.15, 0.2) is 5.78 Å². The number of hydrogen-bond donors (Lipinski definition) is 0. The van der Waals surface area contributed by atoms with Gasteiger partial charge in [-0.15, -0.1) is 0 Å². The number of halogens is 1. The molecule has 0 N–H and O–H groups in total. The molecule has 0 aliphatic carbocycles. The molecule has 206 valence electrons. The third kappa shape index (κ3) is 4.03. The number of hydrogen-bond acceptors (Lipinski definition) is 6. The Hall–Kier alpha value is -5.37. The lowest BCUT2D eigenvalue weighted by Gasteiger charge is -2.36. The fourth-order valence-electron chi connectivity index (χ4n) is 6.24. The van der Waals surface area contributed by atoms with E-state index in [-0.39, 0.29) is 17.2 Å². The zero-order valence-electron chi connectivity index (χ0n) is 22.1. The molecule has 0 spiro atoms. The van der Waals surface area contributed by atoms with Gasteiger partial charge in [-0.2, -0.15) is 0 Å². The highest BCUT2D eigenvalue weighted by atomic mass is 19.1. The van der Waals surface area contributed by atoms with Crippen molar-refractivity contribution in [3.63, 3.8) is 0 Å². The normalized spacial score (nSPS) is 22.0. The third-order valence-corrected chi connectivity index (χ3v) is 8.11. The number of rotatable bonds is 5. The zero-order valence-corrected chi connectivity index (χ0v) is 22.1. The average Bonchev–Trinajstić information content (AvgIpc) is 3.50. The Bertz CT molecular complexity index is 1770. The number of esters is 1. The highest BCUT2D eigenvalue weighted by Crippen LogP contribution is 2.49. The summed E-state index contributed by atoms with van der Waals surface area (Å²) in [6.07, 6.45) is 3.73. The van der Waals surface area contributed by atoms with E-state index in [2.05, 4.69) is 0 Å². The number of carbonyl (C=O) groups is 4. The molecule has 42 heavy (non-hydrogen) atoms. The van der Waals surface area contributed by atoms with Gasteiger partial charge in [0.1, 0.15) is 17.6 Å². The summed E-state index contributed by atoms with van der Waals surface area (Å²) in [7, 11) is 0. The number of nitrogens with zero attached hydrogens (tertiary/aromatic N) is 2. The largest absolute Gasteiger partial charge is 0.425 e. The maximum Gasteiger partial charge on any atom is 0.335 e. The molecule has 2 amide bonds. The van der Waals surface area contributed by atoms with Crippen molar-refractivity contribution in [2.24, 2.45) is 11.8 Å². The van der Waals surface area contributed by atoms with Crippen LogP contribution in [-0.4, -0.2) is 35.7 Å². The van der Waals surface area contributed by atoms with Gasteiger partial charge in [0.05, 0.1) is 23.6 Å². The van der Waals surface area contributed by atoms with Crippen molar-refractivity contribution in [1.29, 1.82) is 0 Å². The van der Waals surface area contributed by atoms with E-state index in [1.165, 1.54) is 36.4 Å². The summed E-state index contributed by atoms with van der Waals surface area (Å²) < 4.78 is 19.4. The van der Waals surface area contributed by atoms with Gasteiger partial charge in [0, 0.05) is 16.8 Å². The van der Waals surface area contributed by atoms with Crippen molar-refractivity contribution in [2.45, 2.75) is 12.1 Å². The van der Waals surface area contributed by atoms with Crippen molar-refractivity contribution >= 4 is 41.0 Å². The second kappa shape index (κ2) is 9.92. The van der Waals surface area contributed by atoms with Crippen LogP contribution in [0, 0.1) is 17.7 Å². The van der Waals surface area contributed by atoms with Crippen LogP contribution in [0.5, 0.6) is 5.75 Å². The number of benzene rings is 4. The van der Waals surface area contributed by atoms with Gasteiger partial charge in [-0.25, -0.2) is 14.1 Å². The summed E-state index contributed by atoms with van der Waals surface area (Å²) in [5.41, 5.74) is 2.80. The molecule has 7 nitrogen and oxygen atoms in total. The molecular weight excluding hydrogens is 535 g/mol. The summed E-state index contributed by atoms with van der Waals surface area (Å²) in [4.78, 5) is 57.2. The van der Waals surface area contributed by atoms with E-state index in [0.717, 1.165) is 16.2 Å². The lowest BCUT2D eigenvalue weighted by molar-refractivity contribution is -0.139. The topological polar surface area (TPSA) is 84.0 Å². The second-order valence-electron chi connectivity index (χ2n) is 10.4. The van der Waals surface area contributed by atoms with Crippen LogP contribution in [0.25, 0.3) is 6.08 Å². The van der Waals surface area contributed by atoms with Crippen LogP contribution in [0.15, 0.2) is 109 Å². The Morgan fingerprint density at radius 1 is 0.714 bits per heavy atom. The smallest absolute Gasteiger partial charge is 0.335 e. The van der Waals surface area contributed by atoms with E-state index in [1.807, 2.05) is 42.5 Å². The van der Waals surface area contributed by atoms with Gasteiger partial charge in [0.25, 0.3) is 0 Å². The SMILES string of the molecule is O=C(c1ccccc1)c1ccc(OC(=O)[C@H]2[C@H]3C(=O)N(c4ccc(F)cc4)C(=O)[C@H]3[C@@H]3C=Cc4ccccc4N32)cc1. The molecule has 4 aromatic carbocycles. The highest BCUT2D eigenvalue weighted by Gasteiger charge is 2.65. The van der Waals surface area contributed by atoms with E-state index in [4.69, 9.17) is 4.74 Å². The number of ketones is 1. The Labute approximate surface area is 240 Å². The van der Waals surface area contributed by atoms with Crippen molar-refractivity contribution < 1.29 is 28.3 Å². The number of ether oxygens (including phenoxy) is 1. The quantitative estimate of drug-likeness (QED) is 0.148. The average molecular weight is 559 g/mol. The van der Waals surface area contributed by atoms with Gasteiger partial charge in [0.2, 0.25) is 11.8 Å². The van der Waals surface area contributed by atoms with Gasteiger partial charge in [-0.3, -0.25) is 14.4 Å². The van der Waals surface area contributed by atoms with Crippen LogP contribution in [0.4, 0.5) is 15.8 Å². The number of carbonyl (C=O) groups excluding carboxylic acids is 4. The van der Waals surface area contributed by atoms with E-state index >= 15 is 0 Å². The van der Waals surface area contributed by atoms with Crippen LogP contribution in [-0.2, 0) is 14.4 Å². The molecule has 3 heterocycles. The summed E-state index contributed by atoms with van der Waals surface area (Å²) in [5, 5.41) is 0. The van der Waals surface area contributed by atoms with Crippen LogP contribution in [0.3, 0.4) is 0 Å². The number of imide groups is 1. The van der Waals surface area contributed by atoms with Crippen molar-refractivity contribution in [2.75, 3.05) is 9.80 Å². The lowest BCUT2D eigenvalue weighted by Crippen LogP contribution is -2.50. The summed E-state index contributed by atoms with van der Waals surface area (Å²) >= 11 is 0. The molecule has 2 saturated heterocycles. The molecule has 0 unspecified atom stereocenters. The Morgan fingerprint density at radius 3 is 2.10 bits per heavy atom. The van der Waals surface area contributed by atoms with Crippen LogP contribution < -0.4 is 14.5 Å². The van der Waals surface area contributed by atoms with E-state index in [1.54, 1.807) is 41.3 Å². The molecule has 7 rings (SSSR count). The molecule has 3 aliphatic heterocycles. The first-order valence-corrected chi connectivity index (χ1v) is 13.5. The molecular formula is C34H23FN2O5. The number of fused-ring (bicyclic) bond motifs is 5. The lowest BCUT2D eigenvalue weighted by atomic mass is 9.89. The standard InChI is InChI=1S/C34H23FN2O5/c35-23-13-15-24(16-14-23)36-32(39)28-27-19-12-20-6-4-5-9-26(20)37(27)30(29(28)33(36)40)34(41)42-25-17-10-22(11-18-25)31(38)21-7-2-1-3-8-21/h1-19,27-30H/t27-,28-,29-,30+/m0/s1. The first-order chi connectivity index (χ1) is 20.4. The molecule has 0 aromatic heterocycles. The molecule has 0 bridgehead atoms. The predicted octanol–water partition coefficient (Wildman–Crippen LogP) is 5.05. The predicted molar refractivity (Wildman–Crippen MR) is 153 cm³/mol. The minimum absolute atomic E-state index is 0.164. The van der Waals surface area contributed by atoms with Crippen LogP contribution in [0.2, 0.25) is 0 Å². The maximum absolute atomic E-state index is 13.9. The first kappa shape index (κ1) is 25.6. The number of amides is 2. The minimum Gasteiger partial charge on any atom is -0.425 e. The highest BCUT2D eigenvalue weighted by molar-refractivity contribution is 6.24. The molecule has 8 heteroatoms. The van der Waals surface area contributed by atoms with Crippen molar-refractivity contribution in [3.8, 4) is 5.75 Å². The monoisotopic (exact) mass is 558 g/mol. The number of para-hydroxylation sites is 1. The van der Waals surface area contributed by atoms with E-state index in [9.17, 15) is 23.6 Å². The van der Waals surface area contributed by atoms with Gasteiger partial charge in [-0.1, -0.05) is 60.7 Å². The summed E-state index contributed by atoms with van der Waals surface area (Å²) in [5.74, 6) is -3.99. The first-order valence-electron chi connectivity index (χ1n) is 13.5. The Kier molecular flexibility index (Phi) is 6.04. The Balaban J connectivity index is 1.22. The molecule has 4 aromatic rings. The van der Waals surface area contributed by atoms with E-state index < -0.39 is 47.5 Å². The van der Waals surface area contributed by atoms with Crippen LogP contribution in [0.1, 0.15) is 21.5 Å². The molecule has 3 aliphatic rings. The van der Waals surface area contributed by atoms with Crippen molar-refractivity contribution in [1.82, 2.24) is 0 Å². The van der Waals surface area contributed by atoms with Crippen LogP contribution >= 0.6 is 0 Å². The van der Waals surface area contributed by atoms with E-state index in [0.29, 0.717) is 11.1 Å². The summed E-state index contributed by atoms with van der Waals surface area (Å²) in [6, 6.07) is 26.0. The maximum atomic E-state index is 13.9. The second-order valence-corrected chi connectivity index (χ2v) is 10.4. The minimum atomic E-state index is -1.10. The van der Waals surface area contributed by atoms with Gasteiger partial charge < -0.3 is 9.64 Å². The Morgan fingerprint density at radius 2 is 1.36 bits per heavy atom. The number of anilines is 2.